The summed E-state index contributed by atoms with van der Waals surface area (Å²) in [7, 11) is 0. The lowest BCUT2D eigenvalue weighted by atomic mass is 10.3. The molecule has 0 saturated heterocycles. The lowest BCUT2D eigenvalue weighted by Crippen LogP contribution is -2.30. The number of nitrogens with zero attached hydrogens (tertiary/aromatic N) is 2. The number of nitrogens with two attached hydrogens (primary N) is 1. The van der Waals surface area contributed by atoms with E-state index in [2.05, 4.69) is 11.6 Å². The molecule has 0 radical (unpaired) electrons. The van der Waals surface area contributed by atoms with Crippen molar-refractivity contribution in [1.82, 2.24) is 9.88 Å². The van der Waals surface area contributed by atoms with Gasteiger partial charge in [-0.15, -0.1) is 41.7 Å². The second-order valence-electron chi connectivity index (χ2n) is 4.22. The fourth-order valence-electron chi connectivity index (χ4n) is 1.78. The van der Waals surface area contributed by atoms with Crippen LogP contribution in [0.3, 0.4) is 0 Å². The molecule has 0 aliphatic rings. The molecule has 0 fully saturated rings. The number of rotatable bonds is 7. The van der Waals surface area contributed by atoms with Gasteiger partial charge in [0.05, 0.1) is 11.6 Å². The third kappa shape index (κ3) is 4.93. The number of halogens is 1. The molecule has 0 aliphatic heterocycles. The second-order valence-corrected chi connectivity index (χ2v) is 6.19. The minimum absolute atomic E-state index is 0. The Bertz CT molecular complexity index is 569. The number of carbonyl (C=O) groups excluding carboxylic acids is 1. The fourth-order valence-corrected chi connectivity index (χ4v) is 3.28. The van der Waals surface area contributed by atoms with E-state index in [9.17, 15) is 4.79 Å². The molecule has 7 heteroatoms. The standard InChI is InChI=1S/C14H17N3OS2.ClH/c1-2-7-17(9-11-4-3-8-19-11)14(18)12-10-20-13(16-12)5-6-15;/h2-4,8,10H,1,5-7,9,15H2;1H. The first kappa shape index (κ1) is 17.8. The fraction of sp³-hybridized carbons (Fsp3) is 0.286. The molecule has 0 spiro atoms. The van der Waals surface area contributed by atoms with Crippen molar-refractivity contribution in [3.8, 4) is 0 Å². The van der Waals surface area contributed by atoms with Crippen LogP contribution in [0.1, 0.15) is 20.4 Å². The van der Waals surface area contributed by atoms with E-state index in [0.29, 0.717) is 31.7 Å². The largest absolute Gasteiger partial charge is 0.330 e. The summed E-state index contributed by atoms with van der Waals surface area (Å²) in [6.45, 7) is 5.37. The maximum Gasteiger partial charge on any atom is 0.273 e. The van der Waals surface area contributed by atoms with Gasteiger partial charge in [-0.05, 0) is 18.0 Å². The van der Waals surface area contributed by atoms with Gasteiger partial charge in [0.2, 0.25) is 0 Å². The number of hydrogen-bond donors (Lipinski definition) is 1. The lowest BCUT2D eigenvalue weighted by molar-refractivity contribution is 0.0759. The van der Waals surface area contributed by atoms with E-state index < -0.39 is 0 Å². The van der Waals surface area contributed by atoms with Crippen molar-refractivity contribution >= 4 is 41.0 Å². The summed E-state index contributed by atoms with van der Waals surface area (Å²) in [5, 5.41) is 4.72. The molecule has 0 aliphatic carbocycles. The Hall–Kier alpha value is -1.21. The van der Waals surface area contributed by atoms with Crippen LogP contribution in [-0.4, -0.2) is 28.9 Å². The summed E-state index contributed by atoms with van der Waals surface area (Å²) < 4.78 is 0. The summed E-state index contributed by atoms with van der Waals surface area (Å²) in [6.07, 6.45) is 2.45. The van der Waals surface area contributed by atoms with Crippen LogP contribution >= 0.6 is 35.1 Å². The molecule has 2 heterocycles. The van der Waals surface area contributed by atoms with Gasteiger partial charge < -0.3 is 10.6 Å². The predicted molar refractivity (Wildman–Crippen MR) is 91.4 cm³/mol. The molecule has 114 valence electrons. The van der Waals surface area contributed by atoms with Crippen molar-refractivity contribution in [3.05, 3.63) is 51.1 Å². The maximum absolute atomic E-state index is 12.5. The Labute approximate surface area is 138 Å². The van der Waals surface area contributed by atoms with Crippen LogP contribution in [0.25, 0.3) is 0 Å². The Morgan fingerprint density at radius 2 is 2.29 bits per heavy atom. The van der Waals surface area contributed by atoms with Crippen LogP contribution in [0.5, 0.6) is 0 Å². The van der Waals surface area contributed by atoms with Gasteiger partial charge in [-0.25, -0.2) is 4.98 Å². The van der Waals surface area contributed by atoms with Crippen LogP contribution in [0.2, 0.25) is 0 Å². The van der Waals surface area contributed by atoms with E-state index >= 15 is 0 Å². The summed E-state index contributed by atoms with van der Waals surface area (Å²) in [4.78, 5) is 19.7. The summed E-state index contributed by atoms with van der Waals surface area (Å²) >= 11 is 3.12. The molecule has 2 rings (SSSR count). The average molecular weight is 344 g/mol. The molecular formula is C14H18ClN3OS2. The van der Waals surface area contributed by atoms with Crippen LogP contribution in [0, 0.1) is 0 Å². The lowest BCUT2D eigenvalue weighted by Gasteiger charge is -2.19. The molecule has 1 amide bonds. The zero-order valence-electron chi connectivity index (χ0n) is 11.5. The molecule has 21 heavy (non-hydrogen) atoms. The highest BCUT2D eigenvalue weighted by molar-refractivity contribution is 7.10. The molecule has 2 aromatic heterocycles. The topological polar surface area (TPSA) is 59.2 Å². The Balaban J connectivity index is 0.00000220. The second kappa shape index (κ2) is 8.94. The number of thiazole rings is 1. The number of hydrogen-bond acceptors (Lipinski definition) is 5. The molecular weight excluding hydrogens is 326 g/mol. The minimum atomic E-state index is -0.0576. The normalized spacial score (nSPS) is 9.95. The Morgan fingerprint density at radius 1 is 1.48 bits per heavy atom. The predicted octanol–water partition coefficient (Wildman–Crippen LogP) is 2.96. The van der Waals surface area contributed by atoms with Crippen molar-refractivity contribution < 1.29 is 4.79 Å². The first-order valence-corrected chi connectivity index (χ1v) is 8.07. The summed E-state index contributed by atoms with van der Waals surface area (Å²) in [6, 6.07) is 4.01. The average Bonchev–Trinajstić information content (AvgIpc) is 3.09. The van der Waals surface area contributed by atoms with E-state index in [-0.39, 0.29) is 18.3 Å². The minimum Gasteiger partial charge on any atom is -0.330 e. The van der Waals surface area contributed by atoms with Crippen LogP contribution in [0.15, 0.2) is 35.5 Å². The first-order chi connectivity index (χ1) is 9.74. The number of aromatic nitrogens is 1. The van der Waals surface area contributed by atoms with Crippen molar-refractivity contribution in [3.63, 3.8) is 0 Å². The highest BCUT2D eigenvalue weighted by atomic mass is 35.5. The monoisotopic (exact) mass is 343 g/mol. The van der Waals surface area contributed by atoms with Gasteiger partial charge >= 0.3 is 0 Å². The summed E-state index contributed by atoms with van der Waals surface area (Å²) in [5.74, 6) is -0.0576. The molecule has 0 atom stereocenters. The third-order valence-corrected chi connectivity index (χ3v) is 4.46. The van der Waals surface area contributed by atoms with Gasteiger partial charge in [0.15, 0.2) is 0 Å². The van der Waals surface area contributed by atoms with Crippen molar-refractivity contribution in [2.45, 2.75) is 13.0 Å². The Kier molecular flexibility index (Phi) is 7.60. The molecule has 2 N–H and O–H groups in total. The van der Waals surface area contributed by atoms with Gasteiger partial charge in [0.25, 0.3) is 5.91 Å². The van der Waals surface area contributed by atoms with E-state index in [1.807, 2.05) is 17.5 Å². The van der Waals surface area contributed by atoms with Gasteiger partial charge in [-0.3, -0.25) is 4.79 Å². The quantitative estimate of drug-likeness (QED) is 0.786. The van der Waals surface area contributed by atoms with E-state index in [0.717, 1.165) is 9.88 Å². The first-order valence-electron chi connectivity index (χ1n) is 6.31. The molecule has 0 saturated carbocycles. The van der Waals surface area contributed by atoms with Crippen molar-refractivity contribution in [2.24, 2.45) is 5.73 Å². The van der Waals surface area contributed by atoms with Gasteiger partial charge in [0, 0.05) is 23.2 Å². The van der Waals surface area contributed by atoms with Gasteiger partial charge in [0.1, 0.15) is 5.69 Å². The SMILES string of the molecule is C=CCN(Cc1cccs1)C(=O)c1csc(CCN)n1.Cl. The zero-order chi connectivity index (χ0) is 14.4. The summed E-state index contributed by atoms with van der Waals surface area (Å²) in [5.41, 5.74) is 6.00. The smallest absolute Gasteiger partial charge is 0.273 e. The Morgan fingerprint density at radius 3 is 2.90 bits per heavy atom. The third-order valence-electron chi connectivity index (χ3n) is 2.69. The van der Waals surface area contributed by atoms with Crippen molar-refractivity contribution in [1.29, 1.82) is 0 Å². The van der Waals surface area contributed by atoms with Crippen LogP contribution in [0.4, 0.5) is 0 Å². The van der Waals surface area contributed by atoms with E-state index in [4.69, 9.17) is 5.73 Å². The molecule has 4 nitrogen and oxygen atoms in total. The highest BCUT2D eigenvalue weighted by Crippen LogP contribution is 2.16. The van der Waals surface area contributed by atoms with Crippen molar-refractivity contribution in [2.75, 3.05) is 13.1 Å². The molecule has 0 aromatic carbocycles. The molecule has 0 bridgehead atoms. The maximum atomic E-state index is 12.5. The number of amides is 1. The van der Waals surface area contributed by atoms with Gasteiger partial charge in [-0.2, -0.15) is 0 Å². The highest BCUT2D eigenvalue weighted by Gasteiger charge is 2.18. The van der Waals surface area contributed by atoms with E-state index in [1.165, 1.54) is 11.3 Å². The number of carbonyl (C=O) groups is 1. The zero-order valence-corrected chi connectivity index (χ0v) is 14.0. The van der Waals surface area contributed by atoms with E-state index in [1.54, 1.807) is 27.7 Å². The molecule has 2 aromatic rings. The molecule has 0 unspecified atom stereocenters. The van der Waals surface area contributed by atoms with Crippen LogP contribution in [-0.2, 0) is 13.0 Å². The van der Waals surface area contributed by atoms with Gasteiger partial charge in [-0.1, -0.05) is 12.1 Å². The van der Waals surface area contributed by atoms with Crippen LogP contribution < -0.4 is 5.73 Å². The number of thiophene rings is 1.